The van der Waals surface area contributed by atoms with Crippen LogP contribution in [0, 0.1) is 0 Å². The molecule has 0 radical (unpaired) electrons. The third-order valence-electron chi connectivity index (χ3n) is 1.40. The summed E-state index contributed by atoms with van der Waals surface area (Å²) in [6, 6.07) is 1.82. The van der Waals surface area contributed by atoms with Gasteiger partial charge in [-0.2, -0.15) is 0 Å². The van der Waals surface area contributed by atoms with Gasteiger partial charge in [0.2, 0.25) is 0 Å². The molecule has 3 N–H and O–H groups in total. The number of aromatic amines is 1. The van der Waals surface area contributed by atoms with Crippen molar-refractivity contribution in [1.29, 1.82) is 0 Å². The SMILES string of the molecule is Nc1nccc2[nH]c(Br)nc12. The van der Waals surface area contributed by atoms with Crippen LogP contribution in [0.4, 0.5) is 5.82 Å². The second-order valence-corrected chi connectivity index (χ2v) is 2.87. The highest BCUT2D eigenvalue weighted by molar-refractivity contribution is 9.10. The van der Waals surface area contributed by atoms with E-state index in [0.29, 0.717) is 16.1 Å². The van der Waals surface area contributed by atoms with Crippen LogP contribution in [0.2, 0.25) is 0 Å². The molecule has 0 saturated carbocycles. The maximum absolute atomic E-state index is 5.56. The average molecular weight is 213 g/mol. The minimum atomic E-state index is 0.449. The van der Waals surface area contributed by atoms with Gasteiger partial charge in [-0.25, -0.2) is 9.97 Å². The van der Waals surface area contributed by atoms with Crippen molar-refractivity contribution in [3.63, 3.8) is 0 Å². The zero-order valence-electron chi connectivity index (χ0n) is 5.50. The molecule has 0 atom stereocenters. The number of anilines is 1. The summed E-state index contributed by atoms with van der Waals surface area (Å²) < 4.78 is 0.673. The second kappa shape index (κ2) is 2.20. The minimum absolute atomic E-state index is 0.449. The van der Waals surface area contributed by atoms with Crippen LogP contribution in [-0.4, -0.2) is 15.0 Å². The quantitative estimate of drug-likeness (QED) is 0.692. The van der Waals surface area contributed by atoms with Crippen LogP contribution in [0.5, 0.6) is 0 Å². The van der Waals surface area contributed by atoms with Crippen LogP contribution in [0.1, 0.15) is 0 Å². The average Bonchev–Trinajstić information content (AvgIpc) is 2.31. The van der Waals surface area contributed by atoms with Gasteiger partial charge in [-0.3, -0.25) is 0 Å². The Morgan fingerprint density at radius 3 is 3.09 bits per heavy atom. The molecule has 0 amide bonds. The molecule has 0 aromatic carbocycles. The normalized spacial score (nSPS) is 10.6. The van der Waals surface area contributed by atoms with Gasteiger partial charge in [0, 0.05) is 6.20 Å². The number of nitrogens with one attached hydrogen (secondary N) is 1. The molecule has 2 aromatic heterocycles. The molecule has 11 heavy (non-hydrogen) atoms. The molecule has 0 aliphatic rings. The van der Waals surface area contributed by atoms with Gasteiger partial charge in [0.05, 0.1) is 5.52 Å². The molecule has 0 unspecified atom stereocenters. The molecule has 5 heteroatoms. The van der Waals surface area contributed by atoms with E-state index >= 15 is 0 Å². The molecule has 4 nitrogen and oxygen atoms in total. The summed E-state index contributed by atoms with van der Waals surface area (Å²) in [6.07, 6.45) is 1.64. The smallest absolute Gasteiger partial charge is 0.175 e. The van der Waals surface area contributed by atoms with E-state index in [1.54, 1.807) is 6.20 Å². The summed E-state index contributed by atoms with van der Waals surface area (Å²) in [6.45, 7) is 0. The lowest BCUT2D eigenvalue weighted by molar-refractivity contribution is 1.26. The lowest BCUT2D eigenvalue weighted by Crippen LogP contribution is -1.89. The highest BCUT2D eigenvalue weighted by Gasteiger charge is 2.02. The fourth-order valence-electron chi connectivity index (χ4n) is 0.926. The summed E-state index contributed by atoms with van der Waals surface area (Å²) >= 11 is 3.21. The third kappa shape index (κ3) is 0.970. The number of imidazole rings is 1. The Bertz CT molecular complexity index is 394. The van der Waals surface area contributed by atoms with Gasteiger partial charge >= 0.3 is 0 Å². The predicted octanol–water partition coefficient (Wildman–Crippen LogP) is 1.30. The molecule has 0 saturated heterocycles. The number of nitrogens with zero attached hydrogens (tertiary/aromatic N) is 2. The monoisotopic (exact) mass is 212 g/mol. The van der Waals surface area contributed by atoms with Crippen molar-refractivity contribution in [2.75, 3.05) is 5.73 Å². The standard InChI is InChI=1S/C6H5BrN4/c7-6-10-3-1-2-9-5(8)4(3)11-6/h1-2H,(H2,8,9)(H,10,11). The lowest BCUT2D eigenvalue weighted by atomic mass is 10.4. The maximum atomic E-state index is 5.56. The van der Waals surface area contributed by atoms with Gasteiger partial charge < -0.3 is 10.7 Å². The largest absolute Gasteiger partial charge is 0.382 e. The summed E-state index contributed by atoms with van der Waals surface area (Å²) in [5, 5.41) is 0. The first-order chi connectivity index (χ1) is 5.27. The summed E-state index contributed by atoms with van der Waals surface area (Å²) in [7, 11) is 0. The van der Waals surface area contributed by atoms with Crippen LogP contribution in [0.3, 0.4) is 0 Å². The van der Waals surface area contributed by atoms with Crippen molar-refractivity contribution >= 4 is 32.8 Å². The molecule has 0 aliphatic carbocycles. The molecule has 0 aliphatic heterocycles. The van der Waals surface area contributed by atoms with Gasteiger partial charge in [0.25, 0.3) is 0 Å². The fraction of sp³-hybridized carbons (Fsp3) is 0. The van der Waals surface area contributed by atoms with E-state index in [1.165, 1.54) is 0 Å². The molecule has 0 spiro atoms. The Balaban J connectivity index is 2.90. The van der Waals surface area contributed by atoms with Gasteiger partial charge in [-0.1, -0.05) is 0 Å². The van der Waals surface area contributed by atoms with E-state index in [0.717, 1.165) is 5.52 Å². The topological polar surface area (TPSA) is 67.6 Å². The number of nitrogen functional groups attached to an aromatic ring is 1. The van der Waals surface area contributed by atoms with Crippen LogP contribution >= 0.6 is 15.9 Å². The van der Waals surface area contributed by atoms with Gasteiger partial charge in [0.1, 0.15) is 5.52 Å². The minimum Gasteiger partial charge on any atom is -0.382 e. The van der Waals surface area contributed by atoms with Crippen molar-refractivity contribution in [1.82, 2.24) is 15.0 Å². The summed E-state index contributed by atoms with van der Waals surface area (Å²) in [5.74, 6) is 0.449. The van der Waals surface area contributed by atoms with Crippen LogP contribution in [-0.2, 0) is 0 Å². The third-order valence-corrected chi connectivity index (χ3v) is 1.78. The summed E-state index contributed by atoms with van der Waals surface area (Å²) in [5.41, 5.74) is 7.16. The Morgan fingerprint density at radius 2 is 2.36 bits per heavy atom. The number of hydrogen-bond donors (Lipinski definition) is 2. The Hall–Kier alpha value is -1.10. The first kappa shape index (κ1) is 6.60. The van der Waals surface area contributed by atoms with Crippen LogP contribution in [0.25, 0.3) is 11.0 Å². The number of aromatic nitrogens is 3. The molecule has 2 rings (SSSR count). The van der Waals surface area contributed by atoms with E-state index in [1.807, 2.05) is 6.07 Å². The number of hydrogen-bond acceptors (Lipinski definition) is 3. The fourth-order valence-corrected chi connectivity index (χ4v) is 1.32. The molecule has 2 aromatic rings. The van der Waals surface area contributed by atoms with E-state index in [9.17, 15) is 0 Å². The predicted molar refractivity (Wildman–Crippen MR) is 46.0 cm³/mol. The number of nitrogens with two attached hydrogens (primary N) is 1. The highest BCUT2D eigenvalue weighted by atomic mass is 79.9. The number of halogens is 1. The van der Waals surface area contributed by atoms with Crippen molar-refractivity contribution in [3.05, 3.63) is 17.0 Å². The first-order valence-electron chi connectivity index (χ1n) is 3.03. The van der Waals surface area contributed by atoms with Crippen molar-refractivity contribution in [3.8, 4) is 0 Å². The van der Waals surface area contributed by atoms with E-state index < -0.39 is 0 Å². The molecular formula is C6H5BrN4. The second-order valence-electron chi connectivity index (χ2n) is 2.12. The number of rotatable bonds is 0. The molecule has 0 bridgehead atoms. The lowest BCUT2D eigenvalue weighted by Gasteiger charge is -1.89. The van der Waals surface area contributed by atoms with E-state index in [4.69, 9.17) is 5.73 Å². The first-order valence-corrected chi connectivity index (χ1v) is 3.82. The van der Waals surface area contributed by atoms with Crippen LogP contribution < -0.4 is 5.73 Å². The zero-order chi connectivity index (χ0) is 7.84. The van der Waals surface area contributed by atoms with Crippen molar-refractivity contribution < 1.29 is 0 Å². The van der Waals surface area contributed by atoms with Crippen molar-refractivity contribution in [2.45, 2.75) is 0 Å². The van der Waals surface area contributed by atoms with Crippen LogP contribution in [0.15, 0.2) is 17.0 Å². The van der Waals surface area contributed by atoms with E-state index in [-0.39, 0.29) is 0 Å². The van der Waals surface area contributed by atoms with Crippen molar-refractivity contribution in [2.24, 2.45) is 0 Å². The van der Waals surface area contributed by atoms with Gasteiger partial charge in [0.15, 0.2) is 10.6 Å². The Morgan fingerprint density at radius 1 is 1.55 bits per heavy atom. The molecule has 2 heterocycles. The molecule has 0 fully saturated rings. The zero-order valence-corrected chi connectivity index (χ0v) is 7.09. The number of fused-ring (bicyclic) bond motifs is 1. The number of pyridine rings is 1. The van der Waals surface area contributed by atoms with E-state index in [2.05, 4.69) is 30.9 Å². The number of H-pyrrole nitrogens is 1. The Labute approximate surface area is 71.0 Å². The Kier molecular flexibility index (Phi) is 1.32. The van der Waals surface area contributed by atoms with Gasteiger partial charge in [-0.05, 0) is 22.0 Å². The maximum Gasteiger partial charge on any atom is 0.175 e. The van der Waals surface area contributed by atoms with Gasteiger partial charge in [-0.15, -0.1) is 0 Å². The highest BCUT2D eigenvalue weighted by Crippen LogP contribution is 2.17. The molecule has 56 valence electrons. The molecular weight excluding hydrogens is 208 g/mol. The summed E-state index contributed by atoms with van der Waals surface area (Å²) in [4.78, 5) is 11.0.